The lowest BCUT2D eigenvalue weighted by Crippen LogP contribution is -2.54. The second-order valence-electron chi connectivity index (χ2n) is 8.54. The van der Waals surface area contributed by atoms with Crippen LogP contribution in [0.1, 0.15) is 50.0 Å². The Balaban J connectivity index is 1.93. The fourth-order valence-corrected chi connectivity index (χ4v) is 3.77. The summed E-state index contributed by atoms with van der Waals surface area (Å²) >= 11 is 0. The van der Waals surface area contributed by atoms with Crippen molar-refractivity contribution in [1.29, 1.82) is 0 Å². The van der Waals surface area contributed by atoms with Crippen molar-refractivity contribution in [3.05, 3.63) is 59.7 Å². The van der Waals surface area contributed by atoms with Crippen molar-refractivity contribution in [2.45, 2.75) is 52.6 Å². The number of carbonyl (C=O) groups is 4. The van der Waals surface area contributed by atoms with Gasteiger partial charge in [0.15, 0.2) is 0 Å². The summed E-state index contributed by atoms with van der Waals surface area (Å²) in [6.07, 6.45) is -0.0978. The number of imide groups is 1. The predicted octanol–water partition coefficient (Wildman–Crippen LogP) is 3.49. The standard InChI is InChI=1S/C24H26N2O5/c1-15-8-6-7-9-19(15)22(29)26(24(3,4)5)20-14-21(28)25(23(20)30)17-10-12-18(13-11-17)31-16(2)27/h6-13,20H,14H2,1-5H3. The van der Waals surface area contributed by atoms with E-state index >= 15 is 0 Å². The first kappa shape index (κ1) is 22.2. The molecule has 7 nitrogen and oxygen atoms in total. The molecule has 162 valence electrons. The molecule has 1 unspecified atom stereocenters. The topological polar surface area (TPSA) is 84.0 Å². The maximum atomic E-state index is 13.4. The number of aryl methyl sites for hydroxylation is 1. The molecule has 3 rings (SSSR count). The first-order valence-corrected chi connectivity index (χ1v) is 10.1. The number of hydrogen-bond donors (Lipinski definition) is 0. The van der Waals surface area contributed by atoms with Gasteiger partial charge in [-0.1, -0.05) is 18.2 Å². The molecule has 1 fully saturated rings. The van der Waals surface area contributed by atoms with Crippen molar-refractivity contribution in [2.24, 2.45) is 0 Å². The molecule has 0 N–H and O–H groups in total. The summed E-state index contributed by atoms with van der Waals surface area (Å²) in [5, 5.41) is 0. The summed E-state index contributed by atoms with van der Waals surface area (Å²) in [7, 11) is 0. The van der Waals surface area contributed by atoms with E-state index in [0.717, 1.165) is 10.5 Å². The lowest BCUT2D eigenvalue weighted by atomic mass is 9.98. The van der Waals surface area contributed by atoms with Crippen LogP contribution in [0, 0.1) is 6.92 Å². The number of anilines is 1. The number of rotatable bonds is 4. The number of ether oxygens (including phenoxy) is 1. The molecule has 0 bridgehead atoms. The average molecular weight is 422 g/mol. The fourth-order valence-electron chi connectivity index (χ4n) is 3.77. The van der Waals surface area contributed by atoms with E-state index in [1.165, 1.54) is 24.0 Å². The molecule has 1 heterocycles. The first-order chi connectivity index (χ1) is 14.5. The van der Waals surface area contributed by atoms with Crippen molar-refractivity contribution in [2.75, 3.05) is 4.90 Å². The molecule has 2 aromatic carbocycles. The third-order valence-electron chi connectivity index (χ3n) is 5.11. The van der Waals surface area contributed by atoms with Gasteiger partial charge in [0.1, 0.15) is 11.8 Å². The summed E-state index contributed by atoms with van der Waals surface area (Å²) in [5.74, 6) is -1.28. The first-order valence-electron chi connectivity index (χ1n) is 10.1. The molecule has 0 aliphatic carbocycles. The normalized spacial score (nSPS) is 16.4. The lowest BCUT2D eigenvalue weighted by molar-refractivity contribution is -0.132. The van der Waals surface area contributed by atoms with Crippen LogP contribution in [0.4, 0.5) is 5.69 Å². The zero-order valence-electron chi connectivity index (χ0n) is 18.3. The SMILES string of the molecule is CC(=O)Oc1ccc(N2C(=O)CC(N(C(=O)c3ccccc3C)C(C)(C)C)C2=O)cc1. The van der Waals surface area contributed by atoms with E-state index in [-0.39, 0.29) is 18.2 Å². The molecule has 1 aliphatic heterocycles. The van der Waals surface area contributed by atoms with Gasteiger partial charge in [0.2, 0.25) is 5.91 Å². The number of nitrogens with zero attached hydrogens (tertiary/aromatic N) is 2. The Morgan fingerprint density at radius 1 is 1.03 bits per heavy atom. The number of benzene rings is 2. The van der Waals surface area contributed by atoms with Gasteiger partial charge in [-0.05, 0) is 63.6 Å². The number of esters is 1. The van der Waals surface area contributed by atoms with Crippen LogP contribution in [-0.4, -0.2) is 40.2 Å². The Labute approximate surface area is 181 Å². The highest BCUT2D eigenvalue weighted by atomic mass is 16.5. The summed E-state index contributed by atoms with van der Waals surface area (Å²) in [6, 6.07) is 12.4. The van der Waals surface area contributed by atoms with Crippen molar-refractivity contribution in [3.8, 4) is 5.75 Å². The monoisotopic (exact) mass is 422 g/mol. The van der Waals surface area contributed by atoms with Crippen molar-refractivity contribution in [3.63, 3.8) is 0 Å². The highest BCUT2D eigenvalue weighted by Crippen LogP contribution is 2.32. The van der Waals surface area contributed by atoms with Gasteiger partial charge in [-0.2, -0.15) is 0 Å². The fraction of sp³-hybridized carbons (Fsp3) is 0.333. The van der Waals surface area contributed by atoms with Crippen LogP contribution in [-0.2, 0) is 14.4 Å². The Bertz CT molecular complexity index is 1040. The molecule has 0 spiro atoms. The predicted molar refractivity (Wildman–Crippen MR) is 116 cm³/mol. The maximum Gasteiger partial charge on any atom is 0.308 e. The van der Waals surface area contributed by atoms with Gasteiger partial charge in [-0.3, -0.25) is 19.2 Å². The lowest BCUT2D eigenvalue weighted by Gasteiger charge is -2.39. The van der Waals surface area contributed by atoms with Crippen LogP contribution in [0.5, 0.6) is 5.75 Å². The second kappa shape index (κ2) is 8.34. The number of hydrogen-bond acceptors (Lipinski definition) is 5. The van der Waals surface area contributed by atoms with E-state index in [1.54, 1.807) is 24.3 Å². The molecule has 7 heteroatoms. The Morgan fingerprint density at radius 2 is 1.65 bits per heavy atom. The molecular formula is C24H26N2O5. The van der Waals surface area contributed by atoms with E-state index in [2.05, 4.69) is 0 Å². The zero-order chi connectivity index (χ0) is 22.9. The molecule has 1 aliphatic rings. The van der Waals surface area contributed by atoms with Crippen LogP contribution in [0.3, 0.4) is 0 Å². The average Bonchev–Trinajstić information content (AvgIpc) is 2.95. The van der Waals surface area contributed by atoms with Crippen LogP contribution < -0.4 is 9.64 Å². The van der Waals surface area contributed by atoms with Gasteiger partial charge in [-0.25, -0.2) is 4.90 Å². The highest BCUT2D eigenvalue weighted by molar-refractivity contribution is 6.23. The van der Waals surface area contributed by atoms with Crippen molar-refractivity contribution >= 4 is 29.4 Å². The largest absolute Gasteiger partial charge is 0.427 e. The molecule has 0 aromatic heterocycles. The van der Waals surface area contributed by atoms with Gasteiger partial charge in [-0.15, -0.1) is 0 Å². The van der Waals surface area contributed by atoms with Gasteiger partial charge >= 0.3 is 5.97 Å². The van der Waals surface area contributed by atoms with Gasteiger partial charge in [0.05, 0.1) is 12.1 Å². The summed E-state index contributed by atoms with van der Waals surface area (Å²) in [4.78, 5) is 53.2. The Hall–Kier alpha value is -3.48. The number of carbonyl (C=O) groups excluding carboxylic acids is 4. The number of amides is 3. The van der Waals surface area contributed by atoms with Crippen LogP contribution >= 0.6 is 0 Å². The van der Waals surface area contributed by atoms with Gasteiger partial charge in [0.25, 0.3) is 11.8 Å². The Morgan fingerprint density at radius 3 is 2.19 bits per heavy atom. The molecular weight excluding hydrogens is 396 g/mol. The molecule has 3 amide bonds. The zero-order valence-corrected chi connectivity index (χ0v) is 18.3. The minimum Gasteiger partial charge on any atom is -0.427 e. The summed E-state index contributed by atoms with van der Waals surface area (Å²) in [6.45, 7) is 8.66. The quantitative estimate of drug-likeness (QED) is 0.428. The minimum atomic E-state index is -0.909. The van der Waals surface area contributed by atoms with Crippen LogP contribution in [0.25, 0.3) is 0 Å². The smallest absolute Gasteiger partial charge is 0.308 e. The second-order valence-corrected chi connectivity index (χ2v) is 8.54. The molecule has 1 saturated heterocycles. The van der Waals surface area contributed by atoms with Crippen molar-refractivity contribution < 1.29 is 23.9 Å². The van der Waals surface area contributed by atoms with Gasteiger partial charge < -0.3 is 9.64 Å². The maximum absolute atomic E-state index is 13.4. The molecule has 31 heavy (non-hydrogen) atoms. The summed E-state index contributed by atoms with van der Waals surface area (Å²) < 4.78 is 5.00. The molecule has 0 radical (unpaired) electrons. The minimum absolute atomic E-state index is 0.0978. The third kappa shape index (κ3) is 4.50. The van der Waals surface area contributed by atoms with Gasteiger partial charge in [0, 0.05) is 18.0 Å². The Kier molecular flexibility index (Phi) is 5.97. The molecule has 0 saturated carbocycles. The van der Waals surface area contributed by atoms with Crippen LogP contribution in [0.15, 0.2) is 48.5 Å². The van der Waals surface area contributed by atoms with E-state index in [1.807, 2.05) is 39.8 Å². The summed E-state index contributed by atoms with van der Waals surface area (Å²) in [5.41, 5.74) is 0.985. The van der Waals surface area contributed by atoms with E-state index in [0.29, 0.717) is 17.0 Å². The van der Waals surface area contributed by atoms with E-state index < -0.39 is 23.5 Å². The van der Waals surface area contributed by atoms with E-state index in [9.17, 15) is 19.2 Å². The van der Waals surface area contributed by atoms with E-state index in [4.69, 9.17) is 4.74 Å². The van der Waals surface area contributed by atoms with Crippen LogP contribution in [0.2, 0.25) is 0 Å². The molecule has 1 atom stereocenters. The van der Waals surface area contributed by atoms with Crippen molar-refractivity contribution in [1.82, 2.24) is 4.90 Å². The molecule has 2 aromatic rings. The highest BCUT2D eigenvalue weighted by Gasteiger charge is 2.47. The third-order valence-corrected chi connectivity index (χ3v) is 5.11.